The Kier molecular flexibility index (Phi) is 20.1. The van der Waals surface area contributed by atoms with Crippen LogP contribution >= 0.6 is 0 Å². The van der Waals surface area contributed by atoms with Gasteiger partial charge in [0.25, 0.3) is 0 Å². The molecule has 0 spiro atoms. The van der Waals surface area contributed by atoms with Crippen molar-refractivity contribution >= 4 is 36.1 Å². The number of nitrogens with zero attached hydrogens (tertiary/aromatic N) is 4. The second-order valence-electron chi connectivity index (χ2n) is 10.0. The summed E-state index contributed by atoms with van der Waals surface area (Å²) in [5, 5.41) is 46.9. The Balaban J connectivity index is 6.02. The van der Waals surface area contributed by atoms with Crippen molar-refractivity contribution < 1.29 is 49.5 Å². The first kappa shape index (κ1) is 39.4. The molecule has 0 rings (SSSR count). The van der Waals surface area contributed by atoms with Crippen LogP contribution in [0.4, 0.5) is 0 Å². The van der Waals surface area contributed by atoms with E-state index in [4.69, 9.17) is 15.3 Å². The van der Waals surface area contributed by atoms with Crippen molar-refractivity contribution in [2.24, 2.45) is 4.99 Å². The van der Waals surface area contributed by atoms with Crippen molar-refractivity contribution in [2.45, 2.75) is 84.3 Å². The first-order valence-electron chi connectivity index (χ1n) is 14.4. The third kappa shape index (κ3) is 17.2. The highest BCUT2D eigenvalue weighted by Gasteiger charge is 2.28. The number of aliphatic imine (C=N–C) groups is 1. The fourth-order valence-electron chi connectivity index (χ4n) is 4.54. The minimum Gasteiger partial charge on any atom is -0.481 e. The highest BCUT2D eigenvalue weighted by molar-refractivity contribution is 5.76. The van der Waals surface area contributed by atoms with Crippen molar-refractivity contribution in [2.75, 3.05) is 39.3 Å². The quantitative estimate of drug-likeness (QED) is 0.0742. The molecule has 0 aliphatic carbocycles. The molecule has 43 heavy (non-hydrogen) atoms. The minimum absolute atomic E-state index is 0.000456. The molecule has 0 aromatic heterocycles. The van der Waals surface area contributed by atoms with E-state index in [0.717, 1.165) is 0 Å². The summed E-state index contributed by atoms with van der Waals surface area (Å²) in [4.78, 5) is 67.1. The lowest BCUT2D eigenvalue weighted by molar-refractivity contribution is -0.146. The van der Waals surface area contributed by atoms with Crippen LogP contribution in [0.5, 0.6) is 0 Å². The number of hydrogen-bond acceptors (Lipinski definition) is 9. The number of hydrogen-bond donors (Lipinski definition) is 5. The molecular formula is C29H48N4O10. The molecule has 0 aromatic carbocycles. The average Bonchev–Trinajstić information content (AvgIpc) is 2.92. The Bertz CT molecular complexity index is 998. The number of likely N-dealkylation sites (N-methyl/N-ethyl adjacent to an activating group) is 2. The van der Waals surface area contributed by atoms with Crippen LogP contribution in [0.25, 0.3) is 0 Å². The molecule has 0 bridgehead atoms. The highest BCUT2D eigenvalue weighted by atomic mass is 16.4. The maximum absolute atomic E-state index is 12.2. The normalized spacial score (nSPS) is 14.5. The smallest absolute Gasteiger partial charge is 0.320 e. The molecule has 0 aliphatic rings. The van der Waals surface area contributed by atoms with E-state index >= 15 is 0 Å². The molecule has 3 unspecified atom stereocenters. The molecule has 0 fully saturated rings. The van der Waals surface area contributed by atoms with Crippen molar-refractivity contribution in [3.05, 3.63) is 23.9 Å². The van der Waals surface area contributed by atoms with E-state index in [-0.39, 0.29) is 57.8 Å². The fourth-order valence-corrected chi connectivity index (χ4v) is 4.54. The lowest BCUT2D eigenvalue weighted by atomic mass is 10.1. The SMILES string of the molecule is C\C=C/C=C(CN(CC)C(CCC(=O)O)C(=O)O)\N=C\CN(CCN(CC)C(C)CCC(=O)O)C(CCC(=O)O)C(=O)O. The Morgan fingerprint density at radius 1 is 0.721 bits per heavy atom. The fraction of sp³-hybridized carbons (Fsp3) is 0.655. The monoisotopic (exact) mass is 612 g/mol. The van der Waals surface area contributed by atoms with Gasteiger partial charge in [-0.1, -0.05) is 26.0 Å². The minimum atomic E-state index is -1.18. The first-order valence-corrected chi connectivity index (χ1v) is 14.4. The van der Waals surface area contributed by atoms with Gasteiger partial charge in [0.15, 0.2) is 0 Å². The van der Waals surface area contributed by atoms with Gasteiger partial charge in [-0.25, -0.2) is 0 Å². The van der Waals surface area contributed by atoms with Crippen LogP contribution < -0.4 is 0 Å². The number of allylic oxidation sites excluding steroid dienone is 3. The standard InChI is InChI=1S/C29H48N4O10/c1-5-8-9-22(20-32(7-3)23(28(40)41)11-14-26(36)37)30-16-17-33(24(29(42)43)12-15-27(38)39)19-18-31(6-2)21(4)10-13-25(34)35/h5,8-9,16,21,23-24H,6-7,10-15,17-20H2,1-4H3,(H,34,35)(H,36,37)(H,38,39)(H,40,41)(H,42,43)/b8-5-,22-9-,30-16+. The Morgan fingerprint density at radius 2 is 1.19 bits per heavy atom. The average molecular weight is 613 g/mol. The molecule has 0 aliphatic heterocycles. The zero-order chi connectivity index (χ0) is 32.9. The van der Waals surface area contributed by atoms with E-state index in [1.165, 1.54) is 6.21 Å². The first-order chi connectivity index (χ1) is 20.3. The van der Waals surface area contributed by atoms with Crippen LogP contribution in [-0.4, -0.2) is 134 Å². The van der Waals surface area contributed by atoms with Crippen molar-refractivity contribution in [3.63, 3.8) is 0 Å². The summed E-state index contributed by atoms with van der Waals surface area (Å²) >= 11 is 0. The molecule has 0 saturated carbocycles. The molecule has 0 aromatic rings. The van der Waals surface area contributed by atoms with E-state index < -0.39 is 41.9 Å². The lowest BCUT2D eigenvalue weighted by Crippen LogP contribution is -2.47. The van der Waals surface area contributed by atoms with Gasteiger partial charge < -0.3 is 25.5 Å². The molecule has 0 heterocycles. The summed E-state index contributed by atoms with van der Waals surface area (Å²) in [6.07, 6.45) is 6.20. The van der Waals surface area contributed by atoms with Crippen LogP contribution in [0.1, 0.15) is 66.2 Å². The molecular weight excluding hydrogens is 564 g/mol. The van der Waals surface area contributed by atoms with Crippen molar-refractivity contribution in [3.8, 4) is 0 Å². The van der Waals surface area contributed by atoms with Crippen LogP contribution in [0.3, 0.4) is 0 Å². The molecule has 0 amide bonds. The van der Waals surface area contributed by atoms with Crippen LogP contribution in [-0.2, 0) is 24.0 Å². The van der Waals surface area contributed by atoms with E-state index in [2.05, 4.69) is 4.99 Å². The number of carboxylic acids is 5. The summed E-state index contributed by atoms with van der Waals surface area (Å²) in [6.45, 7) is 9.10. The maximum Gasteiger partial charge on any atom is 0.320 e. The summed E-state index contributed by atoms with van der Waals surface area (Å²) in [5.74, 6) is -5.45. The number of carbonyl (C=O) groups is 5. The molecule has 244 valence electrons. The van der Waals surface area contributed by atoms with Gasteiger partial charge in [0.05, 0.1) is 5.70 Å². The van der Waals surface area contributed by atoms with Gasteiger partial charge in [-0.2, -0.15) is 0 Å². The van der Waals surface area contributed by atoms with Gasteiger partial charge in [0.1, 0.15) is 12.1 Å². The molecule has 5 N–H and O–H groups in total. The second kappa shape index (κ2) is 22.0. The Labute approximate surface area is 253 Å². The van der Waals surface area contributed by atoms with Gasteiger partial charge in [-0.05, 0) is 52.3 Å². The predicted octanol–water partition coefficient (Wildman–Crippen LogP) is 2.35. The zero-order valence-corrected chi connectivity index (χ0v) is 25.6. The van der Waals surface area contributed by atoms with Crippen molar-refractivity contribution in [1.29, 1.82) is 0 Å². The summed E-state index contributed by atoms with van der Waals surface area (Å²) in [7, 11) is 0. The third-order valence-electron chi connectivity index (χ3n) is 7.02. The largest absolute Gasteiger partial charge is 0.481 e. The van der Waals surface area contributed by atoms with E-state index in [0.29, 0.717) is 31.8 Å². The van der Waals surface area contributed by atoms with E-state index in [9.17, 15) is 34.2 Å². The molecule has 14 nitrogen and oxygen atoms in total. The molecule has 3 atom stereocenters. The maximum atomic E-state index is 12.2. The number of rotatable bonds is 25. The van der Waals surface area contributed by atoms with Gasteiger partial charge >= 0.3 is 29.8 Å². The van der Waals surface area contributed by atoms with Gasteiger partial charge in [0, 0.05) is 57.7 Å². The molecule has 14 heteroatoms. The van der Waals surface area contributed by atoms with Crippen LogP contribution in [0.2, 0.25) is 0 Å². The Hall–Kier alpha value is -3.62. The van der Waals surface area contributed by atoms with E-state index in [1.54, 1.807) is 41.9 Å². The number of aliphatic carboxylic acids is 5. The topological polar surface area (TPSA) is 209 Å². The van der Waals surface area contributed by atoms with Crippen molar-refractivity contribution in [1.82, 2.24) is 14.7 Å². The number of carboxylic acid groups (broad SMARTS) is 5. The molecule has 0 radical (unpaired) electrons. The Morgan fingerprint density at radius 3 is 1.63 bits per heavy atom. The van der Waals surface area contributed by atoms with Crippen LogP contribution in [0, 0.1) is 0 Å². The van der Waals surface area contributed by atoms with Gasteiger partial charge in [-0.15, -0.1) is 0 Å². The van der Waals surface area contributed by atoms with Crippen LogP contribution in [0.15, 0.2) is 28.9 Å². The predicted molar refractivity (Wildman–Crippen MR) is 160 cm³/mol. The zero-order valence-electron chi connectivity index (χ0n) is 25.6. The highest BCUT2D eigenvalue weighted by Crippen LogP contribution is 2.14. The third-order valence-corrected chi connectivity index (χ3v) is 7.02. The van der Waals surface area contributed by atoms with Gasteiger partial charge in [0.2, 0.25) is 0 Å². The van der Waals surface area contributed by atoms with E-state index in [1.807, 2.05) is 18.7 Å². The lowest BCUT2D eigenvalue weighted by Gasteiger charge is -2.33. The van der Waals surface area contributed by atoms with Gasteiger partial charge in [-0.3, -0.25) is 43.7 Å². The summed E-state index contributed by atoms with van der Waals surface area (Å²) < 4.78 is 0. The molecule has 0 saturated heterocycles. The summed E-state index contributed by atoms with van der Waals surface area (Å²) in [6, 6.07) is -2.23. The second-order valence-corrected chi connectivity index (χ2v) is 10.0. The summed E-state index contributed by atoms with van der Waals surface area (Å²) in [5.41, 5.74) is 0.469.